The second-order valence-electron chi connectivity index (χ2n) is 16.6. The van der Waals surface area contributed by atoms with Crippen LogP contribution in [0.25, 0.3) is 11.1 Å². The molecular weight excluding hydrogens is 937 g/mol. The number of aliphatic hydroxyl groups excluding tert-OH is 2. The molecule has 0 fully saturated rings. The summed E-state index contributed by atoms with van der Waals surface area (Å²) >= 11 is 0. The van der Waals surface area contributed by atoms with Gasteiger partial charge >= 0.3 is 0 Å². The summed E-state index contributed by atoms with van der Waals surface area (Å²) in [5, 5.41) is 29.7. The minimum absolute atomic E-state index is 0.0408. The summed E-state index contributed by atoms with van der Waals surface area (Å²) in [5.41, 5.74) is 1.98. The highest BCUT2D eigenvalue weighted by Crippen LogP contribution is 2.43. The van der Waals surface area contributed by atoms with Crippen molar-refractivity contribution in [2.24, 2.45) is 0 Å². The average molecular weight is 983 g/mol. The van der Waals surface area contributed by atoms with Crippen molar-refractivity contribution in [1.29, 1.82) is 0 Å². The van der Waals surface area contributed by atoms with Crippen LogP contribution in [0.4, 0.5) is 11.4 Å². The highest BCUT2D eigenvalue weighted by Gasteiger charge is 2.39. The maximum absolute atomic E-state index is 14.6. The molecule has 0 heterocycles. The number of sulfone groups is 2. The Kier molecular flexibility index (Phi) is 14.5. The normalized spacial score (nSPS) is 13.0. The number of aliphatic hydroxyl groups is 2. The van der Waals surface area contributed by atoms with Gasteiger partial charge in [0.05, 0.1) is 70.1 Å². The molecule has 0 spiro atoms. The minimum Gasteiger partial charge on any atom is -0.395 e. The maximum Gasteiger partial charge on any atom is 0.238 e. The standard InChI is InChI=1S/C52H46N4O12S2/c57-25-27-69(65,66)33-13-9-31(10-14-33)21-23-53-29-43(59)55-41-19-17-35(45-47(41)51(63)39-7-3-1-5-37(39)49(45)61)36-18-20-42(48-46(36)50(62)38-6-2-4-8-40(38)52(48)64)56-44(60)30-54-24-22-32-11-15-34(16-12-32)70(67,68)28-26-58/h1-20,53-54,57-58H,21-30H2,(H,55,59)(H,56,60). The molecule has 0 aromatic heterocycles. The molecule has 0 radical (unpaired) electrons. The molecule has 6 N–H and O–H groups in total. The second kappa shape index (κ2) is 20.7. The summed E-state index contributed by atoms with van der Waals surface area (Å²) in [6, 6.07) is 30.8. The lowest BCUT2D eigenvalue weighted by Crippen LogP contribution is -2.31. The molecule has 6 aromatic carbocycles. The molecule has 8 rings (SSSR count). The fraction of sp³-hybridized carbons (Fsp3) is 0.192. The first kappa shape index (κ1) is 49.1. The lowest BCUT2D eigenvalue weighted by Gasteiger charge is -2.26. The van der Waals surface area contributed by atoms with Crippen LogP contribution >= 0.6 is 0 Å². The Labute approximate surface area is 403 Å². The van der Waals surface area contributed by atoms with Crippen LogP contribution in [0.5, 0.6) is 0 Å². The monoisotopic (exact) mass is 982 g/mol. The van der Waals surface area contributed by atoms with Crippen molar-refractivity contribution in [2.45, 2.75) is 22.6 Å². The largest absolute Gasteiger partial charge is 0.395 e. The van der Waals surface area contributed by atoms with E-state index in [0.29, 0.717) is 25.9 Å². The quantitative estimate of drug-likeness (QED) is 0.0627. The van der Waals surface area contributed by atoms with E-state index in [0.717, 1.165) is 11.1 Å². The summed E-state index contributed by atoms with van der Waals surface area (Å²) in [6.45, 7) is -0.725. The summed E-state index contributed by atoms with van der Waals surface area (Å²) in [5.74, 6) is -4.07. The molecule has 0 atom stereocenters. The Morgan fingerprint density at radius 2 is 0.743 bits per heavy atom. The van der Waals surface area contributed by atoms with Gasteiger partial charge < -0.3 is 31.5 Å². The van der Waals surface area contributed by atoms with Crippen molar-refractivity contribution in [2.75, 3.05) is 61.5 Å². The first-order valence-electron chi connectivity index (χ1n) is 22.2. The van der Waals surface area contributed by atoms with Gasteiger partial charge in [-0.05, 0) is 84.6 Å². The lowest BCUT2D eigenvalue weighted by atomic mass is 9.75. The minimum atomic E-state index is -3.60. The molecule has 70 heavy (non-hydrogen) atoms. The zero-order chi connectivity index (χ0) is 49.7. The molecule has 0 saturated heterocycles. The van der Waals surface area contributed by atoms with Crippen LogP contribution in [0.1, 0.15) is 74.8 Å². The van der Waals surface area contributed by atoms with Gasteiger partial charge in [-0.25, -0.2) is 16.8 Å². The third kappa shape index (κ3) is 10.0. The number of carbonyl (C=O) groups excluding carboxylic acids is 6. The van der Waals surface area contributed by atoms with E-state index in [1.165, 1.54) is 72.8 Å². The van der Waals surface area contributed by atoms with Crippen molar-refractivity contribution in [1.82, 2.24) is 10.6 Å². The third-order valence-electron chi connectivity index (χ3n) is 12.0. The van der Waals surface area contributed by atoms with Gasteiger partial charge in [0.1, 0.15) is 0 Å². The zero-order valence-corrected chi connectivity index (χ0v) is 39.0. The Morgan fingerprint density at radius 1 is 0.414 bits per heavy atom. The van der Waals surface area contributed by atoms with Crippen LogP contribution in [-0.4, -0.2) is 113 Å². The summed E-state index contributed by atoms with van der Waals surface area (Å²) < 4.78 is 49.0. The predicted molar refractivity (Wildman–Crippen MR) is 260 cm³/mol. The van der Waals surface area contributed by atoms with E-state index in [1.54, 1.807) is 48.5 Å². The van der Waals surface area contributed by atoms with Gasteiger partial charge in [-0.15, -0.1) is 0 Å². The smallest absolute Gasteiger partial charge is 0.238 e. The van der Waals surface area contributed by atoms with Gasteiger partial charge in [-0.2, -0.15) is 0 Å². The number of amides is 2. The first-order valence-corrected chi connectivity index (χ1v) is 25.5. The molecule has 0 saturated carbocycles. The van der Waals surface area contributed by atoms with Crippen molar-refractivity contribution in [3.63, 3.8) is 0 Å². The number of rotatable bonds is 19. The van der Waals surface area contributed by atoms with Crippen LogP contribution in [0.15, 0.2) is 131 Å². The molecule has 2 aliphatic rings. The molecule has 16 nitrogen and oxygen atoms in total. The third-order valence-corrected chi connectivity index (χ3v) is 15.4. The molecule has 2 aliphatic carbocycles. The second-order valence-corrected chi connectivity index (χ2v) is 20.8. The maximum atomic E-state index is 14.6. The van der Waals surface area contributed by atoms with E-state index >= 15 is 0 Å². The van der Waals surface area contributed by atoms with Gasteiger partial charge in [0.2, 0.25) is 11.8 Å². The number of hydrogen-bond donors (Lipinski definition) is 6. The molecule has 0 aliphatic heterocycles. The summed E-state index contributed by atoms with van der Waals surface area (Å²) in [6.07, 6.45) is 0.887. The van der Waals surface area contributed by atoms with Crippen molar-refractivity contribution in [3.05, 3.63) is 177 Å². The molecule has 18 heteroatoms. The first-order chi connectivity index (χ1) is 33.6. The van der Waals surface area contributed by atoms with Gasteiger partial charge in [0.25, 0.3) is 0 Å². The Hall–Kier alpha value is -7.32. The highest BCUT2D eigenvalue weighted by atomic mass is 32.2. The fourth-order valence-corrected chi connectivity index (χ4v) is 10.6. The number of benzene rings is 6. The van der Waals surface area contributed by atoms with E-state index in [1.807, 2.05) is 0 Å². The van der Waals surface area contributed by atoms with Crippen LogP contribution in [0, 0.1) is 0 Å². The predicted octanol–water partition coefficient (Wildman–Crippen LogP) is 3.98. The number of ketones is 4. The van der Waals surface area contributed by atoms with E-state index in [-0.39, 0.29) is 101 Å². The molecule has 2 amide bonds. The lowest BCUT2D eigenvalue weighted by molar-refractivity contribution is -0.116. The van der Waals surface area contributed by atoms with Crippen molar-refractivity contribution < 1.29 is 55.8 Å². The number of fused-ring (bicyclic) bond motifs is 4. The van der Waals surface area contributed by atoms with E-state index < -0.39 is 67.8 Å². The Balaban J connectivity index is 1.05. The number of nitrogens with one attached hydrogen (secondary N) is 4. The molecule has 358 valence electrons. The van der Waals surface area contributed by atoms with E-state index in [9.17, 15) is 45.6 Å². The summed E-state index contributed by atoms with van der Waals surface area (Å²) in [7, 11) is -7.21. The highest BCUT2D eigenvalue weighted by molar-refractivity contribution is 7.91. The summed E-state index contributed by atoms with van der Waals surface area (Å²) in [4.78, 5) is 85.0. The number of hydrogen-bond acceptors (Lipinski definition) is 14. The van der Waals surface area contributed by atoms with Crippen LogP contribution in [-0.2, 0) is 42.1 Å². The zero-order valence-electron chi connectivity index (χ0n) is 37.4. The molecule has 0 bridgehead atoms. The Bertz CT molecular complexity index is 3110. The van der Waals surface area contributed by atoms with Crippen LogP contribution in [0.3, 0.4) is 0 Å². The van der Waals surface area contributed by atoms with Gasteiger partial charge in [0.15, 0.2) is 42.8 Å². The van der Waals surface area contributed by atoms with Gasteiger partial charge in [0, 0.05) is 33.4 Å². The van der Waals surface area contributed by atoms with Gasteiger partial charge in [-0.3, -0.25) is 28.8 Å². The Morgan fingerprint density at radius 3 is 1.07 bits per heavy atom. The topological polar surface area (TPSA) is 259 Å². The molecular formula is C52H46N4O12S2. The van der Waals surface area contributed by atoms with Gasteiger partial charge in [-0.1, -0.05) is 84.9 Å². The number of anilines is 2. The molecule has 6 aromatic rings. The van der Waals surface area contributed by atoms with Crippen molar-refractivity contribution >= 4 is 66.0 Å². The SMILES string of the molecule is O=C(CNCCc1ccc(S(=O)(=O)CCO)cc1)Nc1ccc(-c2ccc(NC(=O)CNCCc3ccc(S(=O)(=O)CCO)cc3)c3c2C(=O)c2ccccc2C3=O)c2c1C(=O)c1ccccc1C2=O. The molecule has 0 unspecified atom stereocenters. The number of carbonyl (C=O) groups is 6. The fourth-order valence-electron chi connectivity index (χ4n) is 8.56. The van der Waals surface area contributed by atoms with Crippen LogP contribution < -0.4 is 21.3 Å². The van der Waals surface area contributed by atoms with Crippen LogP contribution in [0.2, 0.25) is 0 Å². The van der Waals surface area contributed by atoms with E-state index in [2.05, 4.69) is 21.3 Å². The van der Waals surface area contributed by atoms with Crippen molar-refractivity contribution in [3.8, 4) is 11.1 Å². The van der Waals surface area contributed by atoms with E-state index in [4.69, 9.17) is 10.2 Å². The average Bonchev–Trinajstić information content (AvgIpc) is 3.35.